The molecule has 0 saturated heterocycles. The Balaban J connectivity index is 2.11. The van der Waals surface area contributed by atoms with Crippen LogP contribution in [0.2, 0.25) is 0 Å². The standard InChI is InChI=1S/C14H15F2N3/c1-2-12-18-13(14(17)19(12)9-4-5-9)8-3-6-10(15)11(16)7-8/h3,6-7,9H,2,4-5,17H2,1H3. The summed E-state index contributed by atoms with van der Waals surface area (Å²) >= 11 is 0. The Morgan fingerprint density at radius 2 is 2.05 bits per heavy atom. The van der Waals surface area contributed by atoms with Gasteiger partial charge in [0.1, 0.15) is 17.3 Å². The molecule has 0 atom stereocenters. The van der Waals surface area contributed by atoms with Crippen LogP contribution >= 0.6 is 0 Å². The van der Waals surface area contributed by atoms with Gasteiger partial charge in [-0.3, -0.25) is 0 Å². The summed E-state index contributed by atoms with van der Waals surface area (Å²) in [6.45, 7) is 2.01. The molecular weight excluding hydrogens is 248 g/mol. The van der Waals surface area contributed by atoms with Crippen molar-refractivity contribution in [3.8, 4) is 11.3 Å². The first-order valence-corrected chi connectivity index (χ1v) is 6.43. The van der Waals surface area contributed by atoms with E-state index >= 15 is 0 Å². The topological polar surface area (TPSA) is 43.8 Å². The molecule has 0 amide bonds. The molecule has 5 heteroatoms. The molecule has 1 aliphatic carbocycles. The molecule has 0 aliphatic heterocycles. The molecule has 1 aromatic heterocycles. The molecule has 0 bridgehead atoms. The number of hydrogen-bond acceptors (Lipinski definition) is 2. The van der Waals surface area contributed by atoms with Gasteiger partial charge in [-0.1, -0.05) is 6.92 Å². The van der Waals surface area contributed by atoms with Gasteiger partial charge in [0.05, 0.1) is 0 Å². The zero-order chi connectivity index (χ0) is 13.6. The molecule has 1 saturated carbocycles. The lowest BCUT2D eigenvalue weighted by atomic mass is 10.1. The number of benzene rings is 1. The maximum atomic E-state index is 13.3. The van der Waals surface area contributed by atoms with E-state index in [9.17, 15) is 8.78 Å². The first kappa shape index (κ1) is 12.1. The molecule has 0 spiro atoms. The Kier molecular flexibility index (Phi) is 2.77. The first-order chi connectivity index (χ1) is 9.11. The van der Waals surface area contributed by atoms with Gasteiger partial charge in [0, 0.05) is 18.0 Å². The van der Waals surface area contributed by atoms with Crippen molar-refractivity contribution in [1.82, 2.24) is 9.55 Å². The van der Waals surface area contributed by atoms with Crippen molar-refractivity contribution >= 4 is 5.82 Å². The smallest absolute Gasteiger partial charge is 0.159 e. The zero-order valence-electron chi connectivity index (χ0n) is 10.7. The van der Waals surface area contributed by atoms with Crippen molar-refractivity contribution < 1.29 is 8.78 Å². The quantitative estimate of drug-likeness (QED) is 0.923. The van der Waals surface area contributed by atoms with Crippen LogP contribution < -0.4 is 5.73 Å². The van der Waals surface area contributed by atoms with E-state index in [0.717, 1.165) is 37.2 Å². The van der Waals surface area contributed by atoms with Gasteiger partial charge < -0.3 is 10.3 Å². The molecule has 0 unspecified atom stereocenters. The summed E-state index contributed by atoms with van der Waals surface area (Å²) in [7, 11) is 0. The number of imidazole rings is 1. The van der Waals surface area contributed by atoms with E-state index in [1.807, 2.05) is 11.5 Å². The average molecular weight is 263 g/mol. The van der Waals surface area contributed by atoms with E-state index in [1.165, 1.54) is 6.07 Å². The van der Waals surface area contributed by atoms with E-state index in [-0.39, 0.29) is 0 Å². The number of anilines is 1. The molecule has 3 nitrogen and oxygen atoms in total. The van der Waals surface area contributed by atoms with Crippen LogP contribution in [-0.4, -0.2) is 9.55 Å². The fraction of sp³-hybridized carbons (Fsp3) is 0.357. The predicted molar refractivity (Wildman–Crippen MR) is 69.6 cm³/mol. The molecule has 1 heterocycles. The largest absolute Gasteiger partial charge is 0.383 e. The highest BCUT2D eigenvalue weighted by Gasteiger charge is 2.29. The summed E-state index contributed by atoms with van der Waals surface area (Å²) in [6, 6.07) is 4.17. The second-order valence-electron chi connectivity index (χ2n) is 4.85. The van der Waals surface area contributed by atoms with Crippen LogP contribution in [0.3, 0.4) is 0 Å². The number of halogens is 2. The maximum absolute atomic E-state index is 13.3. The Morgan fingerprint density at radius 3 is 2.63 bits per heavy atom. The highest BCUT2D eigenvalue weighted by atomic mass is 19.2. The van der Waals surface area contributed by atoms with Gasteiger partial charge in [0.2, 0.25) is 0 Å². The molecule has 1 fully saturated rings. The Bertz CT molecular complexity index is 630. The van der Waals surface area contributed by atoms with Crippen molar-refractivity contribution in [2.24, 2.45) is 0 Å². The minimum absolute atomic E-state index is 0.418. The summed E-state index contributed by atoms with van der Waals surface area (Å²) < 4.78 is 28.3. The number of hydrogen-bond donors (Lipinski definition) is 1. The van der Waals surface area contributed by atoms with Crippen LogP contribution in [0.25, 0.3) is 11.3 Å². The van der Waals surface area contributed by atoms with Crippen LogP contribution in [0.1, 0.15) is 31.6 Å². The summed E-state index contributed by atoms with van der Waals surface area (Å²) in [5.41, 5.74) is 7.19. The predicted octanol–water partition coefficient (Wildman–Crippen LogP) is 3.31. The van der Waals surface area contributed by atoms with Gasteiger partial charge >= 0.3 is 0 Å². The maximum Gasteiger partial charge on any atom is 0.159 e. The number of nitrogens with two attached hydrogens (primary N) is 1. The summed E-state index contributed by atoms with van der Waals surface area (Å²) in [5, 5.41) is 0. The monoisotopic (exact) mass is 263 g/mol. The van der Waals surface area contributed by atoms with Gasteiger partial charge in [0.25, 0.3) is 0 Å². The van der Waals surface area contributed by atoms with Crippen molar-refractivity contribution in [3.63, 3.8) is 0 Å². The van der Waals surface area contributed by atoms with Crippen LogP contribution in [-0.2, 0) is 6.42 Å². The van der Waals surface area contributed by atoms with E-state index in [2.05, 4.69) is 4.98 Å². The van der Waals surface area contributed by atoms with E-state index in [0.29, 0.717) is 23.1 Å². The number of aryl methyl sites for hydroxylation is 1. The second kappa shape index (κ2) is 4.33. The van der Waals surface area contributed by atoms with Crippen molar-refractivity contribution in [1.29, 1.82) is 0 Å². The third-order valence-electron chi connectivity index (χ3n) is 3.44. The third-order valence-corrected chi connectivity index (χ3v) is 3.44. The molecular formula is C14H15F2N3. The zero-order valence-corrected chi connectivity index (χ0v) is 10.7. The molecule has 1 aromatic carbocycles. The number of rotatable bonds is 3. The average Bonchev–Trinajstić information content (AvgIpc) is 3.17. The summed E-state index contributed by atoms with van der Waals surface area (Å²) in [4.78, 5) is 4.48. The van der Waals surface area contributed by atoms with Crippen molar-refractivity contribution in [2.45, 2.75) is 32.2 Å². The molecule has 3 rings (SSSR count). The molecule has 19 heavy (non-hydrogen) atoms. The lowest BCUT2D eigenvalue weighted by molar-refractivity contribution is 0.509. The normalized spacial score (nSPS) is 14.9. The van der Waals surface area contributed by atoms with Gasteiger partial charge in [-0.15, -0.1) is 0 Å². The van der Waals surface area contributed by atoms with Gasteiger partial charge in [-0.2, -0.15) is 0 Å². The van der Waals surface area contributed by atoms with Gasteiger partial charge in [-0.05, 0) is 31.0 Å². The molecule has 2 aromatic rings. The summed E-state index contributed by atoms with van der Waals surface area (Å²) in [6.07, 6.45) is 2.97. The SMILES string of the molecule is CCc1nc(-c2ccc(F)c(F)c2)c(N)n1C1CC1. The molecule has 1 aliphatic rings. The fourth-order valence-corrected chi connectivity index (χ4v) is 2.34. The lowest BCUT2D eigenvalue weighted by Gasteiger charge is -2.06. The van der Waals surface area contributed by atoms with Crippen LogP contribution in [0.15, 0.2) is 18.2 Å². The Hall–Kier alpha value is -1.91. The molecule has 2 N–H and O–H groups in total. The van der Waals surface area contributed by atoms with E-state index in [4.69, 9.17) is 5.73 Å². The number of nitrogen functional groups attached to an aromatic ring is 1. The molecule has 100 valence electrons. The Labute approximate surface area is 110 Å². The first-order valence-electron chi connectivity index (χ1n) is 6.43. The van der Waals surface area contributed by atoms with Crippen molar-refractivity contribution in [3.05, 3.63) is 35.7 Å². The van der Waals surface area contributed by atoms with Crippen molar-refractivity contribution in [2.75, 3.05) is 5.73 Å². The Morgan fingerprint density at radius 1 is 1.32 bits per heavy atom. The highest BCUT2D eigenvalue weighted by Crippen LogP contribution is 2.41. The van der Waals surface area contributed by atoms with Gasteiger partial charge in [-0.25, -0.2) is 13.8 Å². The number of nitrogens with zero attached hydrogens (tertiary/aromatic N) is 2. The molecule has 0 radical (unpaired) electrons. The van der Waals surface area contributed by atoms with E-state index in [1.54, 1.807) is 0 Å². The van der Waals surface area contributed by atoms with Crippen LogP contribution in [0, 0.1) is 11.6 Å². The number of aromatic nitrogens is 2. The van der Waals surface area contributed by atoms with Crippen LogP contribution in [0.5, 0.6) is 0 Å². The van der Waals surface area contributed by atoms with Crippen LogP contribution in [0.4, 0.5) is 14.6 Å². The second-order valence-corrected chi connectivity index (χ2v) is 4.85. The summed E-state index contributed by atoms with van der Waals surface area (Å²) in [5.74, 6) is -0.291. The third kappa shape index (κ3) is 1.99. The lowest BCUT2D eigenvalue weighted by Crippen LogP contribution is -2.04. The highest BCUT2D eigenvalue weighted by molar-refractivity contribution is 5.71. The minimum atomic E-state index is -0.879. The van der Waals surface area contributed by atoms with E-state index < -0.39 is 11.6 Å². The van der Waals surface area contributed by atoms with Gasteiger partial charge in [0.15, 0.2) is 11.6 Å². The fourth-order valence-electron chi connectivity index (χ4n) is 2.34. The minimum Gasteiger partial charge on any atom is -0.383 e.